The zero-order valence-electron chi connectivity index (χ0n) is 23.5. The molecule has 226 valence electrons. The highest BCUT2D eigenvalue weighted by Crippen LogP contribution is 2.42. The zero-order chi connectivity index (χ0) is 30.9. The Morgan fingerprint density at radius 1 is 0.975 bits per heavy atom. The molecule has 3 fully saturated rings. The molecule has 0 aromatic carbocycles. The summed E-state index contributed by atoms with van der Waals surface area (Å²) in [6.07, 6.45) is -4.23. The van der Waals surface area contributed by atoms with Crippen molar-refractivity contribution in [2.45, 2.75) is 90.0 Å². The topological polar surface area (TPSA) is 229 Å². The summed E-state index contributed by atoms with van der Waals surface area (Å²) in [6.45, 7) is 11.1. The van der Waals surface area contributed by atoms with Gasteiger partial charge < -0.3 is 41.1 Å². The lowest BCUT2D eigenvalue weighted by molar-refractivity contribution is -0.207. The second-order valence-corrected chi connectivity index (χ2v) is 12.1. The predicted octanol–water partition coefficient (Wildman–Crippen LogP) is -1.85. The standard InChI is InChI=1S/C15H24N2O7S.C10H15NO4/c1-6(2)10(19)15(11(20)7(3)12(21)17-15)14(24)25-5-9(13(22)23)16-8(4)18;1-4(2)6(12)10-7(15-9(10)14)5(3)8(13)11-10/h6-7,9-11,19-20H,5H2,1-4H3,(H,16,18)(H,17,21)(H,22,23);4-7,12H,1-3H3,(H,11,13)/t7-,9-,10+,11+,15-;5-,6+,7+,10-/m11/s1. The zero-order valence-corrected chi connectivity index (χ0v) is 24.3. The molecule has 0 radical (unpaired) electrons. The van der Waals surface area contributed by atoms with Gasteiger partial charge in [0.15, 0.2) is 5.54 Å². The quantitative estimate of drug-likeness (QED) is 0.147. The molecule has 40 heavy (non-hydrogen) atoms. The monoisotopic (exact) mass is 589 g/mol. The number of esters is 1. The van der Waals surface area contributed by atoms with Gasteiger partial charge in [-0.15, -0.1) is 0 Å². The van der Waals surface area contributed by atoms with Crippen molar-refractivity contribution < 1.29 is 53.9 Å². The van der Waals surface area contributed by atoms with E-state index in [-0.39, 0.29) is 23.5 Å². The van der Waals surface area contributed by atoms with Crippen molar-refractivity contribution >= 4 is 46.5 Å². The molecule has 9 atom stereocenters. The number of carbonyl (C=O) groups excluding carboxylic acids is 5. The van der Waals surface area contributed by atoms with E-state index in [4.69, 9.17) is 9.84 Å². The van der Waals surface area contributed by atoms with E-state index >= 15 is 0 Å². The van der Waals surface area contributed by atoms with E-state index in [1.54, 1.807) is 34.6 Å². The highest BCUT2D eigenvalue weighted by molar-refractivity contribution is 8.13. The molecule has 3 aliphatic heterocycles. The van der Waals surface area contributed by atoms with Crippen molar-refractivity contribution in [1.29, 1.82) is 0 Å². The largest absolute Gasteiger partial charge is 0.480 e. The van der Waals surface area contributed by atoms with E-state index in [1.807, 2.05) is 0 Å². The summed E-state index contributed by atoms with van der Waals surface area (Å²) in [5, 5.41) is 46.4. The van der Waals surface area contributed by atoms with Gasteiger partial charge in [0.2, 0.25) is 28.4 Å². The Kier molecular flexibility index (Phi) is 10.4. The maximum absolute atomic E-state index is 12.8. The lowest BCUT2D eigenvalue weighted by Gasteiger charge is -2.46. The summed E-state index contributed by atoms with van der Waals surface area (Å²) in [5.41, 5.74) is -3.11. The van der Waals surface area contributed by atoms with Crippen LogP contribution in [0.3, 0.4) is 0 Å². The average molecular weight is 590 g/mol. The van der Waals surface area contributed by atoms with Gasteiger partial charge in [-0.2, -0.15) is 0 Å². The molecule has 14 nitrogen and oxygen atoms in total. The highest BCUT2D eigenvalue weighted by Gasteiger charge is 2.71. The van der Waals surface area contributed by atoms with Crippen molar-refractivity contribution in [2.75, 3.05) is 5.75 Å². The van der Waals surface area contributed by atoms with E-state index in [0.717, 1.165) is 6.92 Å². The van der Waals surface area contributed by atoms with E-state index in [1.165, 1.54) is 6.92 Å². The number of carbonyl (C=O) groups is 6. The maximum atomic E-state index is 12.8. The number of aliphatic hydroxyl groups excluding tert-OH is 3. The van der Waals surface area contributed by atoms with Gasteiger partial charge in [-0.1, -0.05) is 46.4 Å². The average Bonchev–Trinajstić information content (AvgIpc) is 3.22. The minimum atomic E-state index is -1.92. The Bertz CT molecular complexity index is 1050. The minimum absolute atomic E-state index is 0.106. The number of thioether (sulfide) groups is 1. The molecule has 3 aliphatic rings. The van der Waals surface area contributed by atoms with Crippen LogP contribution in [0.1, 0.15) is 48.5 Å². The van der Waals surface area contributed by atoms with Gasteiger partial charge in [-0.3, -0.25) is 19.2 Å². The number of carboxylic acids is 1. The molecular weight excluding hydrogens is 550 g/mol. The van der Waals surface area contributed by atoms with Gasteiger partial charge in [0, 0.05) is 12.7 Å². The fourth-order valence-corrected chi connectivity index (χ4v) is 6.10. The molecule has 7 N–H and O–H groups in total. The Labute approximate surface area is 236 Å². The third kappa shape index (κ3) is 5.83. The maximum Gasteiger partial charge on any atom is 0.338 e. The summed E-state index contributed by atoms with van der Waals surface area (Å²) in [6, 6.07) is -1.31. The summed E-state index contributed by atoms with van der Waals surface area (Å²) < 4.78 is 4.94. The summed E-state index contributed by atoms with van der Waals surface area (Å²) in [7, 11) is 0. The first-order valence-electron chi connectivity index (χ1n) is 12.9. The van der Waals surface area contributed by atoms with Gasteiger partial charge in [0.25, 0.3) is 0 Å². The van der Waals surface area contributed by atoms with Crippen molar-refractivity contribution in [1.82, 2.24) is 16.0 Å². The second kappa shape index (κ2) is 12.4. The molecule has 0 aromatic heterocycles. The molecule has 0 spiro atoms. The molecule has 3 saturated heterocycles. The number of rotatable bonds is 9. The van der Waals surface area contributed by atoms with Crippen molar-refractivity contribution in [3.8, 4) is 0 Å². The molecule has 3 heterocycles. The minimum Gasteiger partial charge on any atom is -0.480 e. The van der Waals surface area contributed by atoms with Crippen LogP contribution in [0.5, 0.6) is 0 Å². The van der Waals surface area contributed by atoms with Crippen LogP contribution >= 0.6 is 11.8 Å². The SMILES string of the molecule is CC(=O)N[C@H](CSC(=O)[C@]1([C@@H](O)C(C)C)NC(=O)[C@H](C)[C@@H]1O)C(=O)O.CC(C)[C@H](O)[C@@]12NC(=O)[C@H](C)[C@@H]1OC2=O. The molecule has 3 amide bonds. The molecule has 0 aliphatic carbocycles. The number of nitrogens with one attached hydrogen (secondary N) is 3. The van der Waals surface area contributed by atoms with E-state index < -0.39 is 82.2 Å². The normalized spacial score (nSPS) is 33.0. The Balaban J connectivity index is 0.000000315. The molecule has 3 rings (SSSR count). The Morgan fingerprint density at radius 2 is 1.50 bits per heavy atom. The predicted molar refractivity (Wildman–Crippen MR) is 140 cm³/mol. The van der Waals surface area contributed by atoms with Crippen LogP contribution in [0.4, 0.5) is 0 Å². The summed E-state index contributed by atoms with van der Waals surface area (Å²) in [4.78, 5) is 69.8. The first kappa shape index (κ1) is 33.5. The number of ether oxygens (including phenoxy) is 1. The summed E-state index contributed by atoms with van der Waals surface area (Å²) in [5.74, 6) is -5.36. The number of carboxylic acid groups (broad SMARTS) is 1. The third-order valence-electron chi connectivity index (χ3n) is 7.49. The molecule has 15 heteroatoms. The number of aliphatic carboxylic acids is 1. The highest BCUT2D eigenvalue weighted by atomic mass is 32.2. The number of aliphatic hydroxyl groups is 3. The molecule has 0 aromatic rings. The number of fused-ring (bicyclic) bond motifs is 1. The van der Waals surface area contributed by atoms with E-state index in [9.17, 15) is 44.1 Å². The molecule has 0 unspecified atom stereocenters. The molecule has 0 bridgehead atoms. The Morgan fingerprint density at radius 3 is 1.88 bits per heavy atom. The van der Waals surface area contributed by atoms with Crippen LogP contribution in [0.15, 0.2) is 0 Å². The van der Waals surface area contributed by atoms with Crippen LogP contribution in [-0.2, 0) is 33.5 Å². The fourth-order valence-electron chi connectivity index (χ4n) is 5.02. The lowest BCUT2D eigenvalue weighted by Crippen LogP contribution is -2.73. The third-order valence-corrected chi connectivity index (χ3v) is 8.59. The van der Waals surface area contributed by atoms with Gasteiger partial charge in [0.05, 0.1) is 30.1 Å². The van der Waals surface area contributed by atoms with E-state index in [0.29, 0.717) is 11.8 Å². The fraction of sp³-hybridized carbons (Fsp3) is 0.760. The van der Waals surface area contributed by atoms with Gasteiger partial charge >= 0.3 is 11.9 Å². The second-order valence-electron chi connectivity index (χ2n) is 11.1. The first-order chi connectivity index (χ1) is 18.4. The van der Waals surface area contributed by atoms with Crippen molar-refractivity contribution in [3.05, 3.63) is 0 Å². The first-order valence-corrected chi connectivity index (χ1v) is 13.9. The van der Waals surface area contributed by atoms with Crippen LogP contribution in [-0.4, -0.2) is 102 Å². The molecule has 0 saturated carbocycles. The van der Waals surface area contributed by atoms with Crippen molar-refractivity contribution in [2.24, 2.45) is 23.7 Å². The van der Waals surface area contributed by atoms with Crippen LogP contribution in [0.25, 0.3) is 0 Å². The van der Waals surface area contributed by atoms with Gasteiger partial charge in [-0.05, 0) is 18.8 Å². The van der Waals surface area contributed by atoms with E-state index in [2.05, 4.69) is 16.0 Å². The van der Waals surface area contributed by atoms with Crippen LogP contribution in [0, 0.1) is 23.7 Å². The van der Waals surface area contributed by atoms with Gasteiger partial charge in [0.1, 0.15) is 12.1 Å². The Hall–Kier alpha value is -2.75. The molecular formula is C25H39N3O11S. The lowest BCUT2D eigenvalue weighted by atomic mass is 9.76. The van der Waals surface area contributed by atoms with Gasteiger partial charge in [-0.25, -0.2) is 9.59 Å². The number of hydrogen-bond acceptors (Lipinski definition) is 11. The number of amides is 3. The number of hydrogen-bond donors (Lipinski definition) is 7. The summed E-state index contributed by atoms with van der Waals surface area (Å²) >= 11 is 0.535. The van der Waals surface area contributed by atoms with Crippen molar-refractivity contribution in [3.63, 3.8) is 0 Å². The van der Waals surface area contributed by atoms with Crippen LogP contribution in [0.2, 0.25) is 0 Å². The van der Waals surface area contributed by atoms with Crippen LogP contribution < -0.4 is 16.0 Å². The smallest absolute Gasteiger partial charge is 0.338 e.